The number of hydrogen-bond donors (Lipinski definition) is 3. The average molecular weight is 740 g/mol. The molecule has 5 atom stereocenters. The summed E-state index contributed by atoms with van der Waals surface area (Å²) in [6.07, 6.45) is 4.70. The van der Waals surface area contributed by atoms with Crippen LogP contribution in [0.4, 0.5) is 9.59 Å². The standard InChI is InChI=1S/C37H49N5O9S/c1-7-24-17-37(24,32(45)40-52(48,49)26-13-14-26)39-30(43)28-16-25-19-42(28)31(44)29(35(2,3)4)38-33(46)50-21-36(5,6)15-9-12-22-10-8-11-23-18-41(20-27(22)23)34(47)51-25/h7-12,24-26,28-29H,1,13-21H2,2-6H3,(H,38,46)(H,39,43)(H,40,45)/b12-9-/t24-,25-,28+,29-,37-/m1/s1. The highest BCUT2D eigenvalue weighted by Gasteiger charge is 2.62. The van der Waals surface area contributed by atoms with Crippen LogP contribution in [0.5, 0.6) is 0 Å². The first-order valence-electron chi connectivity index (χ1n) is 17.8. The molecular formula is C37H49N5O9S. The Labute approximate surface area is 304 Å². The minimum atomic E-state index is -3.91. The van der Waals surface area contributed by atoms with E-state index in [1.54, 1.807) is 25.7 Å². The Morgan fingerprint density at radius 1 is 1.12 bits per heavy atom. The van der Waals surface area contributed by atoms with Gasteiger partial charge in [0.1, 0.15) is 23.7 Å². The van der Waals surface area contributed by atoms with E-state index in [0.29, 0.717) is 32.4 Å². The molecular weight excluding hydrogens is 691 g/mol. The minimum Gasteiger partial charge on any atom is -0.449 e. The van der Waals surface area contributed by atoms with E-state index in [2.05, 4.69) is 21.9 Å². The van der Waals surface area contributed by atoms with Crippen molar-refractivity contribution in [2.75, 3.05) is 13.2 Å². The molecule has 4 bridgehead atoms. The van der Waals surface area contributed by atoms with Crippen molar-refractivity contribution in [2.45, 2.75) is 109 Å². The maximum atomic E-state index is 14.4. The molecule has 3 N–H and O–H groups in total. The van der Waals surface area contributed by atoms with Crippen LogP contribution < -0.4 is 15.4 Å². The van der Waals surface area contributed by atoms with Crippen LogP contribution in [-0.4, -0.2) is 90.3 Å². The summed E-state index contributed by atoms with van der Waals surface area (Å²) in [7, 11) is -3.91. The predicted octanol–water partition coefficient (Wildman–Crippen LogP) is 3.36. The second kappa shape index (κ2) is 13.5. The number of allylic oxidation sites excluding steroid dienone is 1. The number of nitrogens with zero attached hydrogens (tertiary/aromatic N) is 2. The van der Waals surface area contributed by atoms with Gasteiger partial charge in [0.25, 0.3) is 5.91 Å². The number of benzene rings is 1. The summed E-state index contributed by atoms with van der Waals surface area (Å²) < 4.78 is 39.0. The van der Waals surface area contributed by atoms with Gasteiger partial charge in [-0.05, 0) is 47.8 Å². The predicted molar refractivity (Wildman–Crippen MR) is 190 cm³/mol. The molecule has 2 saturated carbocycles. The summed E-state index contributed by atoms with van der Waals surface area (Å²) in [6, 6.07) is 3.49. The summed E-state index contributed by atoms with van der Waals surface area (Å²) in [4.78, 5) is 71.7. The number of rotatable bonds is 6. The molecule has 1 aromatic rings. The van der Waals surface area contributed by atoms with Crippen LogP contribution in [-0.2, 0) is 47.0 Å². The number of amides is 5. The van der Waals surface area contributed by atoms with E-state index in [1.807, 2.05) is 44.2 Å². The number of hydrogen-bond acceptors (Lipinski definition) is 9. The van der Waals surface area contributed by atoms with Gasteiger partial charge in [0.15, 0.2) is 0 Å². The van der Waals surface area contributed by atoms with E-state index in [1.165, 1.54) is 11.0 Å². The first-order chi connectivity index (χ1) is 24.3. The summed E-state index contributed by atoms with van der Waals surface area (Å²) in [5, 5.41) is 4.80. The van der Waals surface area contributed by atoms with Crippen molar-refractivity contribution in [1.82, 2.24) is 25.2 Å². The largest absolute Gasteiger partial charge is 0.449 e. The topological polar surface area (TPSA) is 181 Å². The molecule has 2 aliphatic carbocycles. The van der Waals surface area contributed by atoms with Gasteiger partial charge in [-0.25, -0.2) is 18.0 Å². The van der Waals surface area contributed by atoms with Gasteiger partial charge in [0.05, 0.1) is 24.9 Å². The fourth-order valence-electron chi connectivity index (χ4n) is 7.14. The summed E-state index contributed by atoms with van der Waals surface area (Å²) in [6.45, 7) is 13.5. The molecule has 5 amide bonds. The number of carbonyl (C=O) groups excluding carboxylic acids is 5. The molecule has 282 valence electrons. The van der Waals surface area contributed by atoms with E-state index >= 15 is 0 Å². The van der Waals surface area contributed by atoms with Gasteiger partial charge >= 0.3 is 12.2 Å². The molecule has 0 radical (unpaired) electrons. The SMILES string of the molecule is C=C[C@@H]1C[C@]1(NC(=O)[C@@H]1C[C@@H]2CN1C(=O)[C@H](C(C)(C)C)NC(=O)OCC(C)(C)C/C=C\c1cccc3c1CN(C3)C(=O)O2)C(=O)NS(=O)(=O)C1CC1. The minimum absolute atomic E-state index is 0.0686. The molecule has 14 nitrogen and oxygen atoms in total. The molecule has 0 unspecified atom stereocenters. The fourth-order valence-corrected chi connectivity index (χ4v) is 8.51. The lowest BCUT2D eigenvalue weighted by Gasteiger charge is -2.35. The normalized spacial score (nSPS) is 29.8. The summed E-state index contributed by atoms with van der Waals surface area (Å²) >= 11 is 0. The van der Waals surface area contributed by atoms with Crippen LogP contribution in [0, 0.1) is 16.7 Å². The van der Waals surface area contributed by atoms with E-state index in [4.69, 9.17) is 9.47 Å². The van der Waals surface area contributed by atoms with Gasteiger partial charge in [-0.15, -0.1) is 6.58 Å². The maximum Gasteiger partial charge on any atom is 0.410 e. The number of carbonyl (C=O) groups is 5. The highest BCUT2D eigenvalue weighted by molar-refractivity contribution is 7.91. The third-order valence-corrected chi connectivity index (χ3v) is 12.4. The first-order valence-corrected chi connectivity index (χ1v) is 19.4. The molecule has 6 rings (SSSR count). The second-order valence-corrected chi connectivity index (χ2v) is 18.5. The Hall–Kier alpha value is -4.40. The highest BCUT2D eigenvalue weighted by atomic mass is 32.2. The van der Waals surface area contributed by atoms with E-state index < -0.39 is 85.7 Å². The number of sulfonamides is 1. The van der Waals surface area contributed by atoms with Gasteiger partial charge in [-0.1, -0.05) is 71.0 Å². The first kappa shape index (κ1) is 37.4. The highest BCUT2D eigenvalue weighted by Crippen LogP contribution is 2.45. The molecule has 0 spiro atoms. The van der Waals surface area contributed by atoms with Crippen molar-refractivity contribution in [2.24, 2.45) is 16.7 Å². The van der Waals surface area contributed by atoms with Crippen LogP contribution in [0.1, 0.15) is 83.4 Å². The van der Waals surface area contributed by atoms with Crippen molar-refractivity contribution in [1.29, 1.82) is 0 Å². The average Bonchev–Trinajstić information content (AvgIpc) is 3.95. The number of nitrogens with one attached hydrogen (secondary N) is 3. The van der Waals surface area contributed by atoms with Crippen LogP contribution >= 0.6 is 0 Å². The van der Waals surface area contributed by atoms with Crippen molar-refractivity contribution in [3.8, 4) is 0 Å². The van der Waals surface area contributed by atoms with Gasteiger partial charge in [-0.3, -0.25) is 24.0 Å². The van der Waals surface area contributed by atoms with Gasteiger partial charge in [0, 0.05) is 24.3 Å². The molecule has 5 aliphatic rings. The Morgan fingerprint density at radius 3 is 2.50 bits per heavy atom. The van der Waals surface area contributed by atoms with Gasteiger partial charge in [-0.2, -0.15) is 0 Å². The molecule has 0 aromatic heterocycles. The van der Waals surface area contributed by atoms with Crippen molar-refractivity contribution in [3.05, 3.63) is 53.6 Å². The molecule has 3 fully saturated rings. The van der Waals surface area contributed by atoms with Crippen molar-refractivity contribution < 1.29 is 41.9 Å². The van der Waals surface area contributed by atoms with E-state index in [9.17, 15) is 32.4 Å². The van der Waals surface area contributed by atoms with Crippen LogP contribution in [0.15, 0.2) is 36.9 Å². The maximum absolute atomic E-state index is 14.4. The summed E-state index contributed by atoms with van der Waals surface area (Å²) in [5.41, 5.74) is 0.0656. The van der Waals surface area contributed by atoms with E-state index in [-0.39, 0.29) is 26.0 Å². The molecule has 3 aliphatic heterocycles. The number of ether oxygens (including phenoxy) is 2. The lowest BCUT2D eigenvalue weighted by atomic mass is 9.85. The molecule has 15 heteroatoms. The second-order valence-electron chi connectivity index (χ2n) is 16.6. The third kappa shape index (κ3) is 7.69. The third-order valence-electron chi connectivity index (χ3n) is 10.6. The zero-order valence-corrected chi connectivity index (χ0v) is 31.2. The number of cyclic esters (lactones) is 1. The monoisotopic (exact) mass is 739 g/mol. The Kier molecular flexibility index (Phi) is 9.73. The molecule has 1 saturated heterocycles. The zero-order chi connectivity index (χ0) is 37.8. The van der Waals surface area contributed by atoms with E-state index in [0.717, 1.165) is 16.7 Å². The van der Waals surface area contributed by atoms with Crippen molar-refractivity contribution in [3.63, 3.8) is 0 Å². The Balaban J connectivity index is 1.30. The lowest BCUT2D eigenvalue weighted by molar-refractivity contribution is -0.143. The lowest BCUT2D eigenvalue weighted by Crippen LogP contribution is -2.60. The number of alkyl carbamates (subject to hydrolysis) is 1. The summed E-state index contributed by atoms with van der Waals surface area (Å²) in [5.74, 6) is -2.74. The smallest absolute Gasteiger partial charge is 0.410 e. The molecule has 3 heterocycles. The zero-order valence-electron chi connectivity index (χ0n) is 30.4. The quantitative estimate of drug-likeness (QED) is 0.369. The van der Waals surface area contributed by atoms with Gasteiger partial charge in [0.2, 0.25) is 21.8 Å². The van der Waals surface area contributed by atoms with Crippen LogP contribution in [0.3, 0.4) is 0 Å². The van der Waals surface area contributed by atoms with Crippen LogP contribution in [0.2, 0.25) is 0 Å². The van der Waals surface area contributed by atoms with Crippen molar-refractivity contribution >= 4 is 46.0 Å². The number of fused-ring (bicyclic) bond motifs is 3. The fraction of sp³-hybridized carbons (Fsp3) is 0.595. The van der Waals surface area contributed by atoms with Gasteiger partial charge < -0.3 is 25.0 Å². The Morgan fingerprint density at radius 2 is 1.85 bits per heavy atom. The molecule has 52 heavy (non-hydrogen) atoms. The molecule has 1 aromatic carbocycles. The Bertz CT molecular complexity index is 1810. The van der Waals surface area contributed by atoms with Crippen LogP contribution in [0.25, 0.3) is 6.08 Å².